The van der Waals surface area contributed by atoms with Crippen molar-refractivity contribution in [3.8, 4) is 0 Å². The molecule has 2 N–H and O–H groups in total. The number of hydrazone groups is 1. The zero-order valence-corrected chi connectivity index (χ0v) is 17.0. The van der Waals surface area contributed by atoms with Gasteiger partial charge in [0.05, 0.1) is 16.1 Å². The third-order valence-electron chi connectivity index (χ3n) is 3.63. The quantitative estimate of drug-likeness (QED) is 0.523. The lowest BCUT2D eigenvalue weighted by atomic mass is 10.1. The monoisotopic (exact) mass is 427 g/mol. The van der Waals surface area contributed by atoms with E-state index >= 15 is 0 Å². The zero-order chi connectivity index (χ0) is 20.0. The normalized spacial score (nSPS) is 13.1. The Morgan fingerprint density at radius 3 is 2.37 bits per heavy atom. The van der Waals surface area contributed by atoms with Gasteiger partial charge in [-0.2, -0.15) is 9.82 Å². The van der Waals surface area contributed by atoms with Crippen molar-refractivity contribution in [1.29, 1.82) is 0 Å². The highest BCUT2D eigenvalue weighted by Gasteiger charge is 2.28. The van der Waals surface area contributed by atoms with Gasteiger partial charge in [-0.3, -0.25) is 4.79 Å². The summed E-state index contributed by atoms with van der Waals surface area (Å²) < 4.78 is 27.3. The van der Waals surface area contributed by atoms with E-state index in [-0.39, 0.29) is 10.8 Å². The topological polar surface area (TPSA) is 87.6 Å². The van der Waals surface area contributed by atoms with Gasteiger partial charge in [-0.05, 0) is 30.2 Å². The largest absolute Gasteiger partial charge is 0.271 e. The predicted molar refractivity (Wildman–Crippen MR) is 108 cm³/mol. The minimum atomic E-state index is -3.84. The average molecular weight is 428 g/mol. The van der Waals surface area contributed by atoms with Gasteiger partial charge < -0.3 is 0 Å². The van der Waals surface area contributed by atoms with E-state index in [4.69, 9.17) is 23.2 Å². The van der Waals surface area contributed by atoms with Crippen LogP contribution in [-0.2, 0) is 14.8 Å². The van der Waals surface area contributed by atoms with Crippen LogP contribution in [0.5, 0.6) is 0 Å². The number of amides is 1. The van der Waals surface area contributed by atoms with Crippen molar-refractivity contribution in [3.05, 3.63) is 64.1 Å². The Balaban J connectivity index is 2.10. The summed E-state index contributed by atoms with van der Waals surface area (Å²) >= 11 is 11.9. The minimum absolute atomic E-state index is 0.0832. The highest BCUT2D eigenvalue weighted by Crippen LogP contribution is 2.19. The van der Waals surface area contributed by atoms with Crippen LogP contribution in [0.3, 0.4) is 0 Å². The van der Waals surface area contributed by atoms with Crippen molar-refractivity contribution in [3.63, 3.8) is 0 Å². The summed E-state index contributed by atoms with van der Waals surface area (Å²) in [6.45, 7) is 3.47. The number of carbonyl (C=O) groups is 1. The molecule has 0 saturated heterocycles. The van der Waals surface area contributed by atoms with Crippen LogP contribution in [-0.4, -0.2) is 26.6 Å². The molecule has 0 aliphatic heterocycles. The molecule has 1 atom stereocenters. The average Bonchev–Trinajstić information content (AvgIpc) is 2.62. The van der Waals surface area contributed by atoms with Crippen LogP contribution >= 0.6 is 23.2 Å². The lowest BCUT2D eigenvalue weighted by Gasteiger charge is -2.20. The van der Waals surface area contributed by atoms with Gasteiger partial charge in [-0.25, -0.2) is 13.8 Å². The Morgan fingerprint density at radius 1 is 1.11 bits per heavy atom. The van der Waals surface area contributed by atoms with E-state index in [0.29, 0.717) is 15.6 Å². The van der Waals surface area contributed by atoms with Crippen LogP contribution in [0.15, 0.2) is 58.5 Å². The third-order valence-corrected chi connectivity index (χ3v) is 5.65. The van der Waals surface area contributed by atoms with Crippen molar-refractivity contribution in [2.75, 3.05) is 0 Å². The minimum Gasteiger partial charge on any atom is -0.271 e. The molecule has 0 unspecified atom stereocenters. The number of nitrogens with zero attached hydrogens (tertiary/aromatic N) is 1. The molecule has 0 saturated carbocycles. The molecule has 6 nitrogen and oxygen atoms in total. The van der Waals surface area contributed by atoms with Crippen LogP contribution in [0.4, 0.5) is 0 Å². The second-order valence-corrected chi connectivity index (χ2v) is 8.61. The number of rotatable bonds is 7. The standard InChI is InChI=1S/C18H19Cl2N3O3S/c1-12(2)17(23-27(25,26)15-6-4-3-5-7-15)18(24)22-21-11-13-8-9-14(19)10-16(13)20/h3-12,17,23H,1-2H3,(H,22,24)/b21-11-/t17-/m0/s1. The molecule has 0 fully saturated rings. The maximum atomic E-state index is 12.5. The molecular formula is C18H19Cl2N3O3S. The van der Waals surface area contributed by atoms with Gasteiger partial charge in [-0.15, -0.1) is 0 Å². The first-order valence-electron chi connectivity index (χ1n) is 8.06. The summed E-state index contributed by atoms with van der Waals surface area (Å²) in [7, 11) is -3.84. The van der Waals surface area contributed by atoms with Crippen LogP contribution in [0.2, 0.25) is 10.0 Å². The van der Waals surface area contributed by atoms with E-state index < -0.39 is 22.0 Å². The van der Waals surface area contributed by atoms with E-state index in [0.717, 1.165) is 0 Å². The van der Waals surface area contributed by atoms with Gasteiger partial charge in [-0.1, -0.05) is 61.3 Å². The number of hydrogen-bond acceptors (Lipinski definition) is 4. The second-order valence-electron chi connectivity index (χ2n) is 6.06. The highest BCUT2D eigenvalue weighted by atomic mass is 35.5. The number of benzene rings is 2. The molecule has 0 radical (unpaired) electrons. The van der Waals surface area contributed by atoms with E-state index in [9.17, 15) is 13.2 Å². The van der Waals surface area contributed by atoms with Crippen LogP contribution in [0.1, 0.15) is 19.4 Å². The molecule has 0 bridgehead atoms. The van der Waals surface area contributed by atoms with Crippen molar-refractivity contribution in [1.82, 2.24) is 10.1 Å². The van der Waals surface area contributed by atoms with Crippen LogP contribution in [0, 0.1) is 5.92 Å². The fourth-order valence-electron chi connectivity index (χ4n) is 2.17. The van der Waals surface area contributed by atoms with Crippen LogP contribution < -0.4 is 10.1 Å². The lowest BCUT2D eigenvalue weighted by Crippen LogP contribution is -2.48. The van der Waals surface area contributed by atoms with Gasteiger partial charge in [0.15, 0.2) is 0 Å². The highest BCUT2D eigenvalue weighted by molar-refractivity contribution is 7.89. The van der Waals surface area contributed by atoms with E-state index in [2.05, 4.69) is 15.2 Å². The first-order chi connectivity index (χ1) is 12.7. The number of nitrogens with one attached hydrogen (secondary N) is 2. The van der Waals surface area contributed by atoms with Gasteiger partial charge in [0.1, 0.15) is 6.04 Å². The SMILES string of the molecule is CC(C)[C@H](NS(=O)(=O)c1ccccc1)C(=O)N/N=C\c1ccc(Cl)cc1Cl. The van der Waals surface area contributed by atoms with Gasteiger partial charge in [0.25, 0.3) is 5.91 Å². The summed E-state index contributed by atoms with van der Waals surface area (Å²) in [5.74, 6) is -0.872. The van der Waals surface area contributed by atoms with Crippen molar-refractivity contribution < 1.29 is 13.2 Å². The lowest BCUT2D eigenvalue weighted by molar-refractivity contribution is -0.123. The molecule has 0 aliphatic rings. The number of halogens is 2. The Hall–Kier alpha value is -1.93. The summed E-state index contributed by atoms with van der Waals surface area (Å²) in [4.78, 5) is 12.5. The summed E-state index contributed by atoms with van der Waals surface area (Å²) in [5, 5.41) is 4.71. The molecule has 0 aromatic heterocycles. The number of hydrogen-bond donors (Lipinski definition) is 2. The van der Waals surface area contributed by atoms with Crippen molar-refractivity contribution >= 4 is 45.3 Å². The Morgan fingerprint density at radius 2 is 1.78 bits per heavy atom. The molecule has 2 aromatic rings. The first kappa shape index (κ1) is 21.4. The van der Waals surface area contributed by atoms with Crippen molar-refractivity contribution in [2.24, 2.45) is 11.0 Å². The summed E-state index contributed by atoms with van der Waals surface area (Å²) in [5.41, 5.74) is 2.90. The Labute approximate surface area is 168 Å². The molecule has 27 heavy (non-hydrogen) atoms. The second kappa shape index (κ2) is 9.32. The Bertz CT molecular complexity index is 932. The van der Waals surface area contributed by atoms with E-state index in [1.807, 2.05) is 0 Å². The number of sulfonamides is 1. The fourth-order valence-corrected chi connectivity index (χ4v) is 3.99. The molecule has 2 aromatic carbocycles. The van der Waals surface area contributed by atoms with E-state index in [1.165, 1.54) is 18.3 Å². The molecular weight excluding hydrogens is 409 g/mol. The van der Waals surface area contributed by atoms with Crippen molar-refractivity contribution in [2.45, 2.75) is 24.8 Å². The molecule has 0 aliphatic carbocycles. The molecule has 0 heterocycles. The summed E-state index contributed by atoms with van der Waals surface area (Å²) in [6, 6.07) is 11.7. The van der Waals surface area contributed by atoms with E-state index in [1.54, 1.807) is 50.2 Å². The Kier molecular flexibility index (Phi) is 7.38. The molecule has 144 valence electrons. The molecule has 0 spiro atoms. The summed E-state index contributed by atoms with van der Waals surface area (Å²) in [6.07, 6.45) is 1.36. The first-order valence-corrected chi connectivity index (χ1v) is 10.3. The molecule has 1 amide bonds. The maximum absolute atomic E-state index is 12.5. The molecule has 9 heteroatoms. The maximum Gasteiger partial charge on any atom is 0.258 e. The van der Waals surface area contributed by atoms with Crippen LogP contribution in [0.25, 0.3) is 0 Å². The smallest absolute Gasteiger partial charge is 0.258 e. The molecule has 2 rings (SSSR count). The zero-order valence-electron chi connectivity index (χ0n) is 14.7. The van der Waals surface area contributed by atoms with Gasteiger partial charge in [0, 0.05) is 10.6 Å². The third kappa shape index (κ3) is 6.04. The van der Waals surface area contributed by atoms with Gasteiger partial charge in [0.2, 0.25) is 10.0 Å². The fraction of sp³-hybridized carbons (Fsp3) is 0.222. The number of carbonyl (C=O) groups excluding carboxylic acids is 1. The predicted octanol–water partition coefficient (Wildman–Crippen LogP) is 3.45. The van der Waals surface area contributed by atoms with Gasteiger partial charge >= 0.3 is 0 Å².